The summed E-state index contributed by atoms with van der Waals surface area (Å²) in [5.41, 5.74) is 0.526. The van der Waals surface area contributed by atoms with Crippen molar-refractivity contribution in [1.82, 2.24) is 5.32 Å². The van der Waals surface area contributed by atoms with Gasteiger partial charge >= 0.3 is 0 Å². The SMILES string of the molecule is CCCOc1ccccc1C(NCC)C(F)F. The van der Waals surface area contributed by atoms with E-state index in [0.29, 0.717) is 24.5 Å². The van der Waals surface area contributed by atoms with Crippen LogP contribution in [0.2, 0.25) is 0 Å². The lowest BCUT2D eigenvalue weighted by molar-refractivity contribution is 0.0975. The molecule has 0 heterocycles. The second-order valence-electron chi connectivity index (χ2n) is 3.76. The molecule has 0 aliphatic carbocycles. The van der Waals surface area contributed by atoms with Crippen LogP contribution in [0.3, 0.4) is 0 Å². The molecule has 1 atom stereocenters. The standard InChI is InChI=1S/C13H19F2NO/c1-3-9-17-11-8-6-5-7-10(11)12(13(14)15)16-4-2/h5-8,12-13,16H,3-4,9H2,1-2H3. The molecule has 1 aromatic rings. The van der Waals surface area contributed by atoms with Gasteiger partial charge in [-0.25, -0.2) is 8.78 Å². The minimum Gasteiger partial charge on any atom is -0.493 e. The van der Waals surface area contributed by atoms with E-state index in [9.17, 15) is 8.78 Å². The van der Waals surface area contributed by atoms with Crippen molar-refractivity contribution in [2.24, 2.45) is 0 Å². The Balaban J connectivity index is 2.92. The van der Waals surface area contributed by atoms with Crippen molar-refractivity contribution in [3.05, 3.63) is 29.8 Å². The first-order chi connectivity index (χ1) is 8.20. The quantitative estimate of drug-likeness (QED) is 0.792. The molecule has 96 valence electrons. The van der Waals surface area contributed by atoms with Crippen molar-refractivity contribution in [2.75, 3.05) is 13.2 Å². The largest absolute Gasteiger partial charge is 0.493 e. The molecule has 1 aromatic carbocycles. The predicted octanol–water partition coefficient (Wildman–Crippen LogP) is 3.39. The van der Waals surface area contributed by atoms with Gasteiger partial charge in [0.1, 0.15) is 5.75 Å². The number of benzene rings is 1. The van der Waals surface area contributed by atoms with Gasteiger partial charge in [-0.15, -0.1) is 0 Å². The summed E-state index contributed by atoms with van der Waals surface area (Å²) < 4.78 is 31.4. The minimum absolute atomic E-state index is 0.497. The van der Waals surface area contributed by atoms with Crippen LogP contribution in [0.1, 0.15) is 31.9 Å². The van der Waals surface area contributed by atoms with Crippen molar-refractivity contribution in [1.29, 1.82) is 0 Å². The first-order valence-corrected chi connectivity index (χ1v) is 5.94. The monoisotopic (exact) mass is 243 g/mol. The average molecular weight is 243 g/mol. The molecule has 2 nitrogen and oxygen atoms in total. The van der Waals surface area contributed by atoms with Gasteiger partial charge in [0.05, 0.1) is 12.6 Å². The molecular formula is C13H19F2NO. The summed E-state index contributed by atoms with van der Waals surface area (Å²) in [7, 11) is 0. The van der Waals surface area contributed by atoms with Crippen LogP contribution in [0.4, 0.5) is 8.78 Å². The predicted molar refractivity (Wildman–Crippen MR) is 64.6 cm³/mol. The fourth-order valence-corrected chi connectivity index (χ4v) is 1.64. The Kier molecular flexibility index (Phi) is 5.91. The fourth-order valence-electron chi connectivity index (χ4n) is 1.64. The summed E-state index contributed by atoms with van der Waals surface area (Å²) in [6.07, 6.45) is -1.59. The lowest BCUT2D eigenvalue weighted by Gasteiger charge is -2.20. The van der Waals surface area contributed by atoms with Crippen LogP contribution in [0, 0.1) is 0 Å². The van der Waals surface area contributed by atoms with Gasteiger partial charge < -0.3 is 10.1 Å². The Labute approximate surface area is 101 Å². The zero-order valence-corrected chi connectivity index (χ0v) is 10.2. The van der Waals surface area contributed by atoms with E-state index in [1.54, 1.807) is 24.3 Å². The molecule has 0 saturated heterocycles. The number of rotatable bonds is 7. The Bertz CT molecular complexity index is 331. The second kappa shape index (κ2) is 7.22. The van der Waals surface area contributed by atoms with Crippen molar-refractivity contribution >= 4 is 0 Å². The third kappa shape index (κ3) is 3.97. The van der Waals surface area contributed by atoms with E-state index < -0.39 is 12.5 Å². The van der Waals surface area contributed by atoms with Crippen LogP contribution in [-0.2, 0) is 0 Å². The van der Waals surface area contributed by atoms with Gasteiger partial charge in [0, 0.05) is 5.56 Å². The lowest BCUT2D eigenvalue weighted by atomic mass is 10.1. The zero-order chi connectivity index (χ0) is 12.7. The van der Waals surface area contributed by atoms with Crippen LogP contribution in [-0.4, -0.2) is 19.6 Å². The maximum atomic E-state index is 13.0. The summed E-state index contributed by atoms with van der Waals surface area (Å²) in [4.78, 5) is 0. The maximum absolute atomic E-state index is 13.0. The van der Waals surface area contributed by atoms with E-state index in [1.165, 1.54) is 0 Å². The highest BCUT2D eigenvalue weighted by Crippen LogP contribution is 2.29. The Hall–Kier alpha value is -1.16. The topological polar surface area (TPSA) is 21.3 Å². The van der Waals surface area contributed by atoms with Gasteiger partial charge in [-0.1, -0.05) is 32.0 Å². The fraction of sp³-hybridized carbons (Fsp3) is 0.538. The van der Waals surface area contributed by atoms with E-state index in [1.807, 2.05) is 13.8 Å². The number of nitrogens with one attached hydrogen (secondary N) is 1. The van der Waals surface area contributed by atoms with Crippen molar-refractivity contribution in [2.45, 2.75) is 32.7 Å². The normalized spacial score (nSPS) is 12.8. The number of hydrogen-bond donors (Lipinski definition) is 1. The van der Waals surface area contributed by atoms with Gasteiger partial charge in [-0.2, -0.15) is 0 Å². The first-order valence-electron chi connectivity index (χ1n) is 5.94. The number of para-hydroxylation sites is 1. The molecule has 0 aliphatic heterocycles. The molecule has 1 unspecified atom stereocenters. The van der Waals surface area contributed by atoms with E-state index in [-0.39, 0.29) is 0 Å². The maximum Gasteiger partial charge on any atom is 0.257 e. The summed E-state index contributed by atoms with van der Waals surface area (Å²) >= 11 is 0. The third-order valence-electron chi connectivity index (χ3n) is 2.39. The second-order valence-corrected chi connectivity index (χ2v) is 3.76. The molecule has 0 aliphatic rings. The van der Waals surface area contributed by atoms with Gasteiger partial charge in [-0.3, -0.25) is 0 Å². The minimum atomic E-state index is -2.44. The third-order valence-corrected chi connectivity index (χ3v) is 2.39. The highest BCUT2D eigenvalue weighted by molar-refractivity contribution is 5.36. The van der Waals surface area contributed by atoms with Gasteiger partial charge in [0.25, 0.3) is 6.43 Å². The molecule has 0 fully saturated rings. The smallest absolute Gasteiger partial charge is 0.257 e. The summed E-state index contributed by atoms with van der Waals surface area (Å²) in [5, 5.41) is 2.79. The number of halogens is 2. The van der Waals surface area contributed by atoms with E-state index in [4.69, 9.17) is 4.74 Å². The molecule has 1 rings (SSSR count). The van der Waals surface area contributed by atoms with E-state index in [2.05, 4.69) is 5.32 Å². The summed E-state index contributed by atoms with van der Waals surface area (Å²) in [6, 6.07) is 6.00. The molecule has 17 heavy (non-hydrogen) atoms. The Morgan fingerprint density at radius 1 is 1.24 bits per heavy atom. The highest BCUT2D eigenvalue weighted by Gasteiger charge is 2.24. The molecule has 0 aromatic heterocycles. The van der Waals surface area contributed by atoms with Crippen molar-refractivity contribution in [3.8, 4) is 5.75 Å². The van der Waals surface area contributed by atoms with Crippen LogP contribution >= 0.6 is 0 Å². The van der Waals surface area contributed by atoms with Crippen LogP contribution < -0.4 is 10.1 Å². The average Bonchev–Trinajstić information content (AvgIpc) is 2.33. The zero-order valence-electron chi connectivity index (χ0n) is 10.2. The number of hydrogen-bond acceptors (Lipinski definition) is 2. The lowest BCUT2D eigenvalue weighted by Crippen LogP contribution is -2.27. The van der Waals surface area contributed by atoms with Gasteiger partial charge in [0.15, 0.2) is 0 Å². The highest BCUT2D eigenvalue weighted by atomic mass is 19.3. The molecule has 0 amide bonds. The van der Waals surface area contributed by atoms with Crippen LogP contribution in [0.25, 0.3) is 0 Å². The molecule has 0 saturated carbocycles. The van der Waals surface area contributed by atoms with Gasteiger partial charge in [-0.05, 0) is 19.0 Å². The molecule has 4 heteroatoms. The summed E-state index contributed by atoms with van der Waals surface area (Å²) in [6.45, 7) is 4.83. The Morgan fingerprint density at radius 3 is 2.53 bits per heavy atom. The van der Waals surface area contributed by atoms with E-state index >= 15 is 0 Å². The van der Waals surface area contributed by atoms with E-state index in [0.717, 1.165) is 6.42 Å². The number of alkyl halides is 2. The van der Waals surface area contributed by atoms with Crippen LogP contribution in [0.5, 0.6) is 5.75 Å². The van der Waals surface area contributed by atoms with Crippen molar-refractivity contribution < 1.29 is 13.5 Å². The first kappa shape index (κ1) is 13.9. The number of ether oxygens (including phenoxy) is 1. The van der Waals surface area contributed by atoms with Gasteiger partial charge in [0.2, 0.25) is 0 Å². The molecule has 1 N–H and O–H groups in total. The molecule has 0 radical (unpaired) electrons. The Morgan fingerprint density at radius 2 is 1.94 bits per heavy atom. The molecular weight excluding hydrogens is 224 g/mol. The molecule has 0 bridgehead atoms. The summed E-state index contributed by atoms with van der Waals surface area (Å²) in [5.74, 6) is 0.542. The van der Waals surface area contributed by atoms with Crippen LogP contribution in [0.15, 0.2) is 24.3 Å². The molecule has 0 spiro atoms. The van der Waals surface area contributed by atoms with Crippen molar-refractivity contribution in [3.63, 3.8) is 0 Å².